The van der Waals surface area contributed by atoms with Crippen molar-refractivity contribution in [2.24, 2.45) is 23.2 Å². The molecule has 7 rings (SSSR count). The van der Waals surface area contributed by atoms with Crippen LogP contribution in [0.3, 0.4) is 0 Å². The molecule has 0 spiro atoms. The van der Waals surface area contributed by atoms with E-state index < -0.39 is 0 Å². The Balaban J connectivity index is 1.28. The van der Waals surface area contributed by atoms with Crippen molar-refractivity contribution in [2.45, 2.75) is 64.2 Å². The van der Waals surface area contributed by atoms with E-state index in [1.807, 2.05) is 24.3 Å². The number of rotatable bonds is 6. The van der Waals surface area contributed by atoms with Gasteiger partial charge >= 0.3 is 0 Å². The molecule has 0 aromatic heterocycles. The summed E-state index contributed by atoms with van der Waals surface area (Å²) in [6.07, 6.45) is 8.68. The molecule has 0 unspecified atom stereocenters. The van der Waals surface area contributed by atoms with Crippen LogP contribution in [-0.4, -0.2) is 24.0 Å². The quantitative estimate of drug-likeness (QED) is 0.731. The second-order valence-corrected chi connectivity index (χ2v) is 11.1. The van der Waals surface area contributed by atoms with Crippen molar-refractivity contribution >= 4 is 5.91 Å². The Morgan fingerprint density at radius 2 is 1.62 bits per heavy atom. The summed E-state index contributed by atoms with van der Waals surface area (Å²) >= 11 is 0. The average Bonchev–Trinajstić information content (AvgIpc) is 3.05. The summed E-state index contributed by atoms with van der Waals surface area (Å²) in [5.41, 5.74) is 3.66. The van der Waals surface area contributed by atoms with Crippen molar-refractivity contribution < 1.29 is 14.8 Å². The second kappa shape index (κ2) is 7.62. The van der Waals surface area contributed by atoms with Crippen LogP contribution in [0, 0.1) is 23.2 Å². The minimum Gasteiger partial charge on any atom is -0.497 e. The molecule has 2 N–H and O–H groups in total. The molecule has 0 saturated heterocycles. The van der Waals surface area contributed by atoms with Crippen LogP contribution in [-0.2, 0) is 6.54 Å². The number of amides is 1. The van der Waals surface area contributed by atoms with E-state index >= 15 is 0 Å². The molecule has 4 bridgehead atoms. The number of hydrogen-bond donors (Lipinski definition) is 1. The first-order valence-corrected chi connectivity index (χ1v) is 12.4. The Hall–Kier alpha value is -2.33. The van der Waals surface area contributed by atoms with Crippen LogP contribution >= 0.6 is 0 Å². The molecule has 4 heteroatoms. The fraction of sp³-hybridized carbons (Fsp3) is 0.536. The smallest absolute Gasteiger partial charge is 0.259 e. The van der Waals surface area contributed by atoms with Gasteiger partial charge in [0.25, 0.3) is 5.91 Å². The molecule has 2 aromatic carbocycles. The Bertz CT molecular complexity index is 979. The van der Waals surface area contributed by atoms with Crippen molar-refractivity contribution in [1.29, 1.82) is 0 Å². The van der Waals surface area contributed by atoms with Gasteiger partial charge in [-0.25, -0.2) is 0 Å². The fourth-order valence-electron chi connectivity index (χ4n) is 7.92. The third kappa shape index (κ3) is 3.26. The fourth-order valence-corrected chi connectivity index (χ4v) is 7.92. The molecule has 168 valence electrons. The highest BCUT2D eigenvalue weighted by molar-refractivity contribution is 5.98. The predicted octanol–water partition coefficient (Wildman–Crippen LogP) is 4.52. The lowest BCUT2D eigenvalue weighted by Crippen LogP contribution is -2.95. The standard InChI is InChI=1S/C28H34N2O2/c1-18(28-14-20-11-21(15-28)13-22(12-20)16-28)29-26-24-5-3-4-6-25(24)27(31)30(26)17-19-7-9-23(32-2)10-8-19/h3-10,18,20-22,26,29H,11-17H2,1-2H3/p+1/t18-,20?,21?,22?,26-,28?/m1/s1. The van der Waals surface area contributed by atoms with Crippen LogP contribution in [0.5, 0.6) is 5.75 Å². The summed E-state index contributed by atoms with van der Waals surface area (Å²) in [4.78, 5) is 15.5. The maximum absolute atomic E-state index is 13.4. The van der Waals surface area contributed by atoms with Gasteiger partial charge in [0.15, 0.2) is 6.17 Å². The van der Waals surface area contributed by atoms with E-state index in [0.717, 1.165) is 34.6 Å². The van der Waals surface area contributed by atoms with Gasteiger partial charge in [-0.1, -0.05) is 30.3 Å². The van der Waals surface area contributed by atoms with Crippen LogP contribution in [0.2, 0.25) is 0 Å². The lowest BCUT2D eigenvalue weighted by molar-refractivity contribution is -0.753. The molecule has 1 amide bonds. The van der Waals surface area contributed by atoms with Crippen molar-refractivity contribution in [3.8, 4) is 5.75 Å². The normalized spacial score (nSPS) is 33.4. The van der Waals surface area contributed by atoms with E-state index in [2.05, 4.69) is 41.4 Å². The highest BCUT2D eigenvalue weighted by Gasteiger charge is 2.55. The number of nitrogens with zero attached hydrogens (tertiary/aromatic N) is 1. The van der Waals surface area contributed by atoms with E-state index in [0.29, 0.717) is 18.0 Å². The zero-order valence-corrected chi connectivity index (χ0v) is 19.3. The largest absolute Gasteiger partial charge is 0.497 e. The summed E-state index contributed by atoms with van der Waals surface area (Å²) in [5, 5.41) is 2.54. The summed E-state index contributed by atoms with van der Waals surface area (Å²) < 4.78 is 5.31. The topological polar surface area (TPSA) is 46.1 Å². The van der Waals surface area contributed by atoms with E-state index in [-0.39, 0.29) is 12.1 Å². The molecular weight excluding hydrogens is 396 g/mol. The van der Waals surface area contributed by atoms with Gasteiger partial charge in [-0.2, -0.15) is 0 Å². The number of quaternary nitrogens is 1. The minimum absolute atomic E-state index is 0.0591. The first-order chi connectivity index (χ1) is 15.5. The van der Waals surface area contributed by atoms with Crippen LogP contribution in [0.25, 0.3) is 0 Å². The van der Waals surface area contributed by atoms with Gasteiger partial charge in [0.2, 0.25) is 0 Å². The Morgan fingerprint density at radius 3 is 2.25 bits per heavy atom. The van der Waals surface area contributed by atoms with E-state index in [9.17, 15) is 4.79 Å². The molecule has 32 heavy (non-hydrogen) atoms. The van der Waals surface area contributed by atoms with Crippen LogP contribution in [0.4, 0.5) is 0 Å². The maximum atomic E-state index is 13.4. The van der Waals surface area contributed by atoms with Crippen LogP contribution < -0.4 is 10.1 Å². The summed E-state index contributed by atoms with van der Waals surface area (Å²) in [6.45, 7) is 3.08. The van der Waals surface area contributed by atoms with Crippen molar-refractivity contribution in [3.63, 3.8) is 0 Å². The second-order valence-electron chi connectivity index (χ2n) is 11.1. The molecule has 1 heterocycles. The lowest BCUT2D eigenvalue weighted by Gasteiger charge is -2.58. The first-order valence-electron chi connectivity index (χ1n) is 12.4. The van der Waals surface area contributed by atoms with Gasteiger partial charge in [-0.05, 0) is 87.0 Å². The number of carbonyl (C=O) groups excluding carboxylic acids is 1. The molecule has 5 aliphatic rings. The highest BCUT2D eigenvalue weighted by Crippen LogP contribution is 2.60. The van der Waals surface area contributed by atoms with Gasteiger partial charge in [-0.3, -0.25) is 9.69 Å². The van der Waals surface area contributed by atoms with Crippen LogP contribution in [0.1, 0.15) is 73.1 Å². The molecule has 4 fully saturated rings. The van der Waals surface area contributed by atoms with Gasteiger partial charge in [-0.15, -0.1) is 0 Å². The number of methoxy groups -OCH3 is 1. The molecule has 2 atom stereocenters. The molecular formula is C28H35N2O2+. The molecule has 1 aliphatic heterocycles. The summed E-state index contributed by atoms with van der Waals surface area (Å²) in [6, 6.07) is 16.9. The Labute approximate surface area is 191 Å². The Morgan fingerprint density at radius 1 is 1.00 bits per heavy atom. The number of fused-ring (bicyclic) bond motifs is 1. The van der Waals surface area contributed by atoms with Gasteiger partial charge < -0.3 is 10.1 Å². The molecule has 4 saturated carbocycles. The van der Waals surface area contributed by atoms with E-state index in [4.69, 9.17) is 4.74 Å². The van der Waals surface area contributed by atoms with Crippen molar-refractivity contribution in [2.75, 3.05) is 7.11 Å². The predicted molar refractivity (Wildman–Crippen MR) is 124 cm³/mol. The van der Waals surface area contributed by atoms with Crippen molar-refractivity contribution in [1.82, 2.24) is 4.90 Å². The minimum atomic E-state index is 0.0591. The number of benzene rings is 2. The monoisotopic (exact) mass is 431 g/mol. The van der Waals surface area contributed by atoms with Crippen LogP contribution in [0.15, 0.2) is 48.5 Å². The molecule has 0 radical (unpaired) electrons. The SMILES string of the molecule is COc1ccc(CN2C(=O)c3ccccc3[C@@H]2[NH2+][C@H](C)C23CC4CC(CC(C4)C2)C3)cc1. The zero-order chi connectivity index (χ0) is 21.9. The number of nitrogens with two attached hydrogens (primary N) is 1. The van der Waals surface area contributed by atoms with Gasteiger partial charge in [0.1, 0.15) is 5.75 Å². The first kappa shape index (κ1) is 20.3. The van der Waals surface area contributed by atoms with Gasteiger partial charge in [0.05, 0.1) is 25.3 Å². The third-order valence-corrected chi connectivity index (χ3v) is 9.14. The molecule has 2 aromatic rings. The van der Waals surface area contributed by atoms with E-state index in [1.54, 1.807) is 7.11 Å². The maximum Gasteiger partial charge on any atom is 0.259 e. The van der Waals surface area contributed by atoms with Crippen molar-refractivity contribution in [3.05, 3.63) is 65.2 Å². The number of hydrogen-bond acceptors (Lipinski definition) is 2. The number of carbonyl (C=O) groups is 1. The average molecular weight is 432 g/mol. The van der Waals surface area contributed by atoms with E-state index in [1.165, 1.54) is 44.1 Å². The summed E-state index contributed by atoms with van der Waals surface area (Å²) in [5.74, 6) is 3.86. The zero-order valence-electron chi connectivity index (χ0n) is 19.3. The number of ether oxygens (including phenoxy) is 1. The lowest BCUT2D eigenvalue weighted by atomic mass is 9.48. The molecule has 4 aliphatic carbocycles. The van der Waals surface area contributed by atoms with Gasteiger partial charge in [0, 0.05) is 11.0 Å². The summed E-state index contributed by atoms with van der Waals surface area (Å²) in [7, 11) is 1.69. The highest BCUT2D eigenvalue weighted by atomic mass is 16.5. The third-order valence-electron chi connectivity index (χ3n) is 9.14. The molecule has 4 nitrogen and oxygen atoms in total. The Kier molecular flexibility index (Phi) is 4.83.